The van der Waals surface area contributed by atoms with E-state index in [1.54, 1.807) is 12.3 Å². The molecule has 0 aliphatic carbocycles. The van der Waals surface area contributed by atoms with Gasteiger partial charge in [-0.05, 0) is 31.4 Å². The summed E-state index contributed by atoms with van der Waals surface area (Å²) in [4.78, 5) is 31.5. The molecule has 1 saturated heterocycles. The second kappa shape index (κ2) is 7.29. The molecule has 1 N–H and O–H groups in total. The third kappa shape index (κ3) is 3.65. The highest BCUT2D eigenvalue weighted by molar-refractivity contribution is 5.92. The highest BCUT2D eigenvalue weighted by Gasteiger charge is 2.26. The van der Waals surface area contributed by atoms with E-state index < -0.39 is 0 Å². The van der Waals surface area contributed by atoms with Gasteiger partial charge >= 0.3 is 0 Å². The molecule has 5 heteroatoms. The van der Waals surface area contributed by atoms with Gasteiger partial charge in [-0.15, -0.1) is 0 Å². The molecule has 0 unspecified atom stereocenters. The van der Waals surface area contributed by atoms with E-state index in [9.17, 15) is 9.59 Å². The van der Waals surface area contributed by atoms with E-state index in [1.807, 2.05) is 15.9 Å². The lowest BCUT2D eigenvalue weighted by molar-refractivity contribution is -0.135. The Balaban J connectivity index is 1.96. The average Bonchev–Trinajstić information content (AvgIpc) is 2.92. The molecule has 116 valence electrons. The minimum Gasteiger partial charge on any atom is -0.357 e. The van der Waals surface area contributed by atoms with Crippen LogP contribution in [0.3, 0.4) is 0 Å². The summed E-state index contributed by atoms with van der Waals surface area (Å²) >= 11 is 0. The Morgan fingerprint density at radius 1 is 1.14 bits per heavy atom. The molecule has 1 aliphatic rings. The Bertz CT molecular complexity index is 466. The molecular formula is C16H25N3O2. The van der Waals surface area contributed by atoms with E-state index >= 15 is 0 Å². The van der Waals surface area contributed by atoms with Crippen molar-refractivity contribution in [3.8, 4) is 0 Å². The molecule has 2 heterocycles. The number of nitrogens with zero attached hydrogens (tertiary/aromatic N) is 2. The van der Waals surface area contributed by atoms with Gasteiger partial charge in [-0.2, -0.15) is 0 Å². The average molecular weight is 291 g/mol. The summed E-state index contributed by atoms with van der Waals surface area (Å²) in [6.07, 6.45) is 4.38. The molecule has 0 atom stereocenters. The number of H-pyrrole nitrogens is 1. The second-order valence-corrected chi connectivity index (χ2v) is 5.57. The fourth-order valence-corrected chi connectivity index (χ4v) is 2.87. The van der Waals surface area contributed by atoms with Crippen LogP contribution in [0.1, 0.15) is 43.6 Å². The molecule has 2 amide bonds. The van der Waals surface area contributed by atoms with Crippen molar-refractivity contribution >= 4 is 11.8 Å². The lowest BCUT2D eigenvalue weighted by Gasteiger charge is -2.25. The molecule has 1 fully saturated rings. The van der Waals surface area contributed by atoms with Gasteiger partial charge in [0.1, 0.15) is 5.69 Å². The van der Waals surface area contributed by atoms with Crippen molar-refractivity contribution in [3.05, 3.63) is 24.0 Å². The fourth-order valence-electron chi connectivity index (χ4n) is 2.87. The van der Waals surface area contributed by atoms with Crippen LogP contribution in [0.15, 0.2) is 18.3 Å². The highest BCUT2D eigenvalue weighted by Crippen LogP contribution is 2.15. The summed E-state index contributed by atoms with van der Waals surface area (Å²) in [5, 5.41) is 0. The van der Waals surface area contributed by atoms with Gasteiger partial charge in [0.2, 0.25) is 5.91 Å². The van der Waals surface area contributed by atoms with Crippen molar-refractivity contribution in [1.29, 1.82) is 0 Å². The summed E-state index contributed by atoms with van der Waals surface area (Å²) < 4.78 is 0. The quantitative estimate of drug-likeness (QED) is 0.924. The van der Waals surface area contributed by atoms with Crippen LogP contribution in [0.2, 0.25) is 0 Å². The first-order chi connectivity index (χ1) is 10.2. The zero-order chi connectivity index (χ0) is 15.2. The summed E-state index contributed by atoms with van der Waals surface area (Å²) in [7, 11) is 0. The third-order valence-electron chi connectivity index (χ3n) is 4.26. The molecule has 5 nitrogen and oxygen atoms in total. The normalized spacial score (nSPS) is 16.1. The maximum absolute atomic E-state index is 12.4. The third-order valence-corrected chi connectivity index (χ3v) is 4.26. The summed E-state index contributed by atoms with van der Waals surface area (Å²) in [5.41, 5.74) is 0.620. The van der Waals surface area contributed by atoms with Crippen LogP contribution in [0, 0.1) is 5.92 Å². The van der Waals surface area contributed by atoms with Crippen LogP contribution in [0.25, 0.3) is 0 Å². The smallest absolute Gasteiger partial charge is 0.270 e. The molecule has 0 aromatic carbocycles. The molecule has 2 rings (SSSR count). The molecule has 0 spiro atoms. The SMILES string of the molecule is CCC(CC)C(=O)N1CCCN(C(=O)c2ccc[nH]2)CC1. The number of carbonyl (C=O) groups excluding carboxylic acids is 2. The number of amides is 2. The molecule has 1 aromatic rings. The molecule has 21 heavy (non-hydrogen) atoms. The van der Waals surface area contributed by atoms with Gasteiger partial charge < -0.3 is 14.8 Å². The minimum absolute atomic E-state index is 0.0248. The van der Waals surface area contributed by atoms with Crippen molar-refractivity contribution in [3.63, 3.8) is 0 Å². The summed E-state index contributed by atoms with van der Waals surface area (Å²) in [6, 6.07) is 3.62. The van der Waals surface area contributed by atoms with Crippen LogP contribution in [-0.2, 0) is 4.79 Å². The van der Waals surface area contributed by atoms with Crippen LogP contribution < -0.4 is 0 Å². The minimum atomic E-state index is 0.0248. The maximum atomic E-state index is 12.4. The number of aromatic amines is 1. The fraction of sp³-hybridized carbons (Fsp3) is 0.625. The van der Waals surface area contributed by atoms with Gasteiger partial charge in [0.15, 0.2) is 0 Å². The van der Waals surface area contributed by atoms with E-state index in [0.717, 1.165) is 25.8 Å². The number of hydrogen-bond acceptors (Lipinski definition) is 2. The first-order valence-corrected chi connectivity index (χ1v) is 7.88. The Hall–Kier alpha value is -1.78. The van der Waals surface area contributed by atoms with Gasteiger partial charge in [0, 0.05) is 38.3 Å². The topological polar surface area (TPSA) is 56.4 Å². The largest absolute Gasteiger partial charge is 0.357 e. The Kier molecular flexibility index (Phi) is 5.42. The molecule has 0 bridgehead atoms. The van der Waals surface area contributed by atoms with E-state index in [1.165, 1.54) is 0 Å². The summed E-state index contributed by atoms with van der Waals surface area (Å²) in [6.45, 7) is 6.84. The first kappa shape index (κ1) is 15.6. The van der Waals surface area contributed by atoms with Crippen LogP contribution in [-0.4, -0.2) is 52.8 Å². The van der Waals surface area contributed by atoms with Crippen LogP contribution in [0.4, 0.5) is 0 Å². The number of rotatable bonds is 4. The van der Waals surface area contributed by atoms with E-state index in [2.05, 4.69) is 18.8 Å². The zero-order valence-electron chi connectivity index (χ0n) is 13.0. The van der Waals surface area contributed by atoms with Crippen molar-refractivity contribution in [2.24, 2.45) is 5.92 Å². The molecule has 0 radical (unpaired) electrons. The van der Waals surface area contributed by atoms with Gasteiger partial charge in [0.25, 0.3) is 5.91 Å². The van der Waals surface area contributed by atoms with Gasteiger partial charge in [-0.3, -0.25) is 9.59 Å². The number of aromatic nitrogens is 1. The highest BCUT2D eigenvalue weighted by atomic mass is 16.2. The van der Waals surface area contributed by atoms with E-state index in [-0.39, 0.29) is 17.7 Å². The van der Waals surface area contributed by atoms with E-state index in [4.69, 9.17) is 0 Å². The van der Waals surface area contributed by atoms with Crippen molar-refractivity contribution < 1.29 is 9.59 Å². The predicted octanol–water partition coefficient (Wildman–Crippen LogP) is 2.13. The molecule has 1 aliphatic heterocycles. The lowest BCUT2D eigenvalue weighted by Crippen LogP contribution is -2.39. The van der Waals surface area contributed by atoms with Crippen molar-refractivity contribution in [2.45, 2.75) is 33.1 Å². The standard InChI is InChI=1S/C16H25N3O2/c1-3-13(4-2)15(20)18-9-6-10-19(12-11-18)16(21)14-7-5-8-17-14/h5,7-8,13,17H,3-4,6,9-12H2,1-2H3. The Morgan fingerprint density at radius 2 is 1.81 bits per heavy atom. The number of carbonyl (C=O) groups is 2. The molecule has 1 aromatic heterocycles. The van der Waals surface area contributed by atoms with Crippen molar-refractivity contribution in [1.82, 2.24) is 14.8 Å². The van der Waals surface area contributed by atoms with E-state index in [0.29, 0.717) is 25.3 Å². The maximum Gasteiger partial charge on any atom is 0.270 e. The van der Waals surface area contributed by atoms with Gasteiger partial charge in [-0.1, -0.05) is 13.8 Å². The zero-order valence-corrected chi connectivity index (χ0v) is 13.0. The Morgan fingerprint density at radius 3 is 2.43 bits per heavy atom. The summed E-state index contributed by atoms with van der Waals surface area (Å²) in [5.74, 6) is 0.390. The number of nitrogens with one attached hydrogen (secondary N) is 1. The van der Waals surface area contributed by atoms with Gasteiger partial charge in [-0.25, -0.2) is 0 Å². The Labute approximate surface area is 126 Å². The van der Waals surface area contributed by atoms with Crippen molar-refractivity contribution in [2.75, 3.05) is 26.2 Å². The first-order valence-electron chi connectivity index (χ1n) is 7.88. The monoisotopic (exact) mass is 291 g/mol. The van der Waals surface area contributed by atoms with Crippen LogP contribution >= 0.6 is 0 Å². The molecule has 0 saturated carbocycles. The van der Waals surface area contributed by atoms with Gasteiger partial charge in [0.05, 0.1) is 0 Å². The predicted molar refractivity (Wildman–Crippen MR) is 82.0 cm³/mol. The molecular weight excluding hydrogens is 266 g/mol. The lowest BCUT2D eigenvalue weighted by atomic mass is 10.0. The second-order valence-electron chi connectivity index (χ2n) is 5.57. The number of hydrogen-bond donors (Lipinski definition) is 1. The van der Waals surface area contributed by atoms with Crippen LogP contribution in [0.5, 0.6) is 0 Å².